The fraction of sp³-hybridized carbons (Fsp3) is 0.0500. The zero-order chi connectivity index (χ0) is 21.9. The normalized spacial score (nSPS) is 11.0. The molecule has 0 spiro atoms. The maximum atomic E-state index is 13.0. The number of hydrogen-bond donors (Lipinski definition) is 2. The van der Waals surface area contributed by atoms with Gasteiger partial charge in [0.1, 0.15) is 5.82 Å². The van der Waals surface area contributed by atoms with Crippen molar-refractivity contribution >= 4 is 44.9 Å². The van der Waals surface area contributed by atoms with Crippen LogP contribution in [0.25, 0.3) is 0 Å². The molecule has 3 N–H and O–H groups in total. The van der Waals surface area contributed by atoms with Crippen LogP contribution < -0.4 is 15.4 Å². The zero-order valence-corrected chi connectivity index (χ0v) is 17.3. The molecule has 10 heteroatoms. The van der Waals surface area contributed by atoms with E-state index in [0.717, 1.165) is 4.31 Å². The highest BCUT2D eigenvalue weighted by Crippen LogP contribution is 2.24. The number of rotatable bonds is 6. The van der Waals surface area contributed by atoms with Crippen molar-refractivity contribution < 1.29 is 18.0 Å². The molecule has 0 saturated heterocycles. The Bertz CT molecular complexity index is 1200. The summed E-state index contributed by atoms with van der Waals surface area (Å²) in [6, 6.07) is 14.8. The van der Waals surface area contributed by atoms with Crippen molar-refractivity contribution in [2.24, 2.45) is 5.73 Å². The lowest BCUT2D eigenvalue weighted by Crippen LogP contribution is -2.26. The van der Waals surface area contributed by atoms with Crippen molar-refractivity contribution in [3.05, 3.63) is 83.0 Å². The molecule has 8 nitrogen and oxygen atoms in total. The van der Waals surface area contributed by atoms with E-state index in [4.69, 9.17) is 17.3 Å². The number of nitrogens with two attached hydrogens (primary N) is 1. The molecule has 0 radical (unpaired) electrons. The van der Waals surface area contributed by atoms with Crippen LogP contribution >= 0.6 is 11.6 Å². The maximum Gasteiger partial charge on any atom is 0.264 e. The summed E-state index contributed by atoms with van der Waals surface area (Å²) in [6.45, 7) is 0. The SMILES string of the molecule is CN(c1ccc(Cl)cc1)S(=O)(=O)c1cccc(C(=O)Nc2ccc(C(N)=O)cn2)c1. The molecule has 30 heavy (non-hydrogen) atoms. The lowest BCUT2D eigenvalue weighted by molar-refractivity contribution is 0.0998. The molecule has 0 saturated carbocycles. The first-order chi connectivity index (χ1) is 14.2. The van der Waals surface area contributed by atoms with Gasteiger partial charge in [-0.3, -0.25) is 13.9 Å². The minimum Gasteiger partial charge on any atom is -0.366 e. The topological polar surface area (TPSA) is 122 Å². The van der Waals surface area contributed by atoms with E-state index in [9.17, 15) is 18.0 Å². The fourth-order valence-corrected chi connectivity index (χ4v) is 3.92. The van der Waals surface area contributed by atoms with Gasteiger partial charge >= 0.3 is 0 Å². The Morgan fingerprint density at radius 3 is 2.33 bits per heavy atom. The molecule has 1 aromatic heterocycles. The van der Waals surface area contributed by atoms with Crippen LogP contribution in [0, 0.1) is 0 Å². The maximum absolute atomic E-state index is 13.0. The molecular formula is C20H17ClN4O4S. The van der Waals surface area contributed by atoms with Gasteiger partial charge in [-0.1, -0.05) is 17.7 Å². The molecule has 0 aliphatic carbocycles. The number of pyridine rings is 1. The van der Waals surface area contributed by atoms with E-state index in [1.807, 2.05) is 0 Å². The van der Waals surface area contributed by atoms with Crippen LogP contribution in [0.3, 0.4) is 0 Å². The lowest BCUT2D eigenvalue weighted by Gasteiger charge is -2.20. The third-order valence-corrected chi connectivity index (χ3v) is 6.27. The summed E-state index contributed by atoms with van der Waals surface area (Å²) in [5.41, 5.74) is 5.90. The molecule has 0 bridgehead atoms. The number of carbonyl (C=O) groups is 2. The van der Waals surface area contributed by atoms with E-state index in [1.165, 1.54) is 49.6 Å². The molecule has 0 atom stereocenters. The van der Waals surface area contributed by atoms with Gasteiger partial charge in [0.25, 0.3) is 15.9 Å². The fourth-order valence-electron chi connectivity index (χ4n) is 2.55. The molecule has 0 aliphatic rings. The number of amides is 2. The highest BCUT2D eigenvalue weighted by Gasteiger charge is 2.22. The van der Waals surface area contributed by atoms with E-state index in [1.54, 1.807) is 24.3 Å². The number of sulfonamides is 1. The van der Waals surface area contributed by atoms with Crippen LogP contribution in [0.1, 0.15) is 20.7 Å². The number of nitrogens with one attached hydrogen (secondary N) is 1. The monoisotopic (exact) mass is 444 g/mol. The number of primary amides is 1. The molecular weight excluding hydrogens is 428 g/mol. The molecule has 2 amide bonds. The quantitative estimate of drug-likeness (QED) is 0.605. The number of nitrogens with zero attached hydrogens (tertiary/aromatic N) is 2. The first-order valence-electron chi connectivity index (χ1n) is 8.60. The molecule has 3 aromatic rings. The number of hydrogen-bond acceptors (Lipinski definition) is 5. The van der Waals surface area contributed by atoms with E-state index < -0.39 is 21.8 Å². The molecule has 154 valence electrons. The largest absolute Gasteiger partial charge is 0.366 e. The smallest absolute Gasteiger partial charge is 0.264 e. The van der Waals surface area contributed by atoms with Crippen LogP contribution in [0.4, 0.5) is 11.5 Å². The number of benzene rings is 2. The third-order valence-electron chi connectivity index (χ3n) is 4.23. The van der Waals surface area contributed by atoms with Crippen molar-refractivity contribution in [2.75, 3.05) is 16.7 Å². The van der Waals surface area contributed by atoms with Crippen molar-refractivity contribution in [3.63, 3.8) is 0 Å². The average molecular weight is 445 g/mol. The van der Waals surface area contributed by atoms with Crippen molar-refractivity contribution in [3.8, 4) is 0 Å². The Morgan fingerprint density at radius 2 is 1.73 bits per heavy atom. The Morgan fingerprint density at radius 1 is 1.03 bits per heavy atom. The first kappa shape index (κ1) is 21.3. The van der Waals surface area contributed by atoms with Crippen LogP contribution in [-0.2, 0) is 10.0 Å². The molecule has 0 unspecified atom stereocenters. The molecule has 2 aromatic carbocycles. The van der Waals surface area contributed by atoms with Gasteiger partial charge in [0.2, 0.25) is 5.91 Å². The summed E-state index contributed by atoms with van der Waals surface area (Å²) < 4.78 is 27.0. The second-order valence-electron chi connectivity index (χ2n) is 6.23. The molecule has 1 heterocycles. The van der Waals surface area contributed by atoms with Gasteiger partial charge in [0.05, 0.1) is 16.1 Å². The zero-order valence-electron chi connectivity index (χ0n) is 15.7. The van der Waals surface area contributed by atoms with E-state index in [2.05, 4.69) is 10.3 Å². The molecule has 3 rings (SSSR count). The van der Waals surface area contributed by atoms with Gasteiger partial charge in [0.15, 0.2) is 0 Å². The van der Waals surface area contributed by atoms with Gasteiger partial charge in [-0.05, 0) is 54.6 Å². The summed E-state index contributed by atoms with van der Waals surface area (Å²) in [5.74, 6) is -1.000. The predicted molar refractivity (Wildman–Crippen MR) is 114 cm³/mol. The summed E-state index contributed by atoms with van der Waals surface area (Å²) in [4.78, 5) is 27.5. The van der Waals surface area contributed by atoms with Gasteiger partial charge in [-0.15, -0.1) is 0 Å². The van der Waals surface area contributed by atoms with Gasteiger partial charge in [-0.2, -0.15) is 0 Å². The molecule has 0 aliphatic heterocycles. The van der Waals surface area contributed by atoms with Crippen molar-refractivity contribution in [1.29, 1.82) is 0 Å². The number of aromatic nitrogens is 1. The Balaban J connectivity index is 1.83. The number of anilines is 2. The Hall–Kier alpha value is -3.43. The van der Waals surface area contributed by atoms with Gasteiger partial charge < -0.3 is 11.1 Å². The number of halogens is 1. The first-order valence-corrected chi connectivity index (χ1v) is 10.4. The third kappa shape index (κ3) is 4.58. The highest BCUT2D eigenvalue weighted by molar-refractivity contribution is 7.92. The summed E-state index contributed by atoms with van der Waals surface area (Å²) in [7, 11) is -2.49. The van der Waals surface area contributed by atoms with E-state index >= 15 is 0 Å². The molecule has 0 fully saturated rings. The highest BCUT2D eigenvalue weighted by atomic mass is 35.5. The minimum absolute atomic E-state index is 0.0513. The van der Waals surface area contributed by atoms with E-state index in [-0.39, 0.29) is 21.8 Å². The van der Waals surface area contributed by atoms with Crippen molar-refractivity contribution in [1.82, 2.24) is 4.98 Å². The predicted octanol–water partition coefficient (Wildman–Crippen LogP) is 2.91. The van der Waals surface area contributed by atoms with E-state index in [0.29, 0.717) is 10.7 Å². The second-order valence-corrected chi connectivity index (χ2v) is 8.63. The van der Waals surface area contributed by atoms with Crippen molar-refractivity contribution in [2.45, 2.75) is 4.90 Å². The van der Waals surface area contributed by atoms with Crippen LogP contribution in [0.5, 0.6) is 0 Å². The Kier molecular flexibility index (Phi) is 6.04. The van der Waals surface area contributed by atoms with Crippen LogP contribution in [0.15, 0.2) is 71.8 Å². The summed E-state index contributed by atoms with van der Waals surface area (Å²) >= 11 is 5.85. The summed E-state index contributed by atoms with van der Waals surface area (Å²) in [6.07, 6.45) is 1.24. The lowest BCUT2D eigenvalue weighted by atomic mass is 10.2. The van der Waals surface area contributed by atoms with Crippen LogP contribution in [-0.4, -0.2) is 32.3 Å². The Labute approximate surface area is 178 Å². The van der Waals surface area contributed by atoms with Crippen LogP contribution in [0.2, 0.25) is 5.02 Å². The van der Waals surface area contributed by atoms with Gasteiger partial charge in [-0.25, -0.2) is 13.4 Å². The number of carbonyl (C=O) groups excluding carboxylic acids is 2. The standard InChI is InChI=1S/C20H17ClN4O4S/c1-25(16-8-6-15(21)7-9-16)30(28,29)17-4-2-3-13(11-17)20(27)24-18-10-5-14(12-23-18)19(22)26/h2-12H,1H3,(H2,22,26)(H,23,24,27). The minimum atomic E-state index is -3.91. The second kappa shape index (κ2) is 8.52. The van der Waals surface area contributed by atoms with Gasteiger partial charge in [0, 0.05) is 23.8 Å². The average Bonchev–Trinajstić information content (AvgIpc) is 2.74. The summed E-state index contributed by atoms with van der Waals surface area (Å²) in [5, 5.41) is 3.03.